The van der Waals surface area contributed by atoms with Gasteiger partial charge >= 0.3 is 0 Å². The second-order valence-corrected chi connectivity index (χ2v) is 7.31. The van der Waals surface area contributed by atoms with Crippen molar-refractivity contribution in [2.24, 2.45) is 0 Å². The molecular formula is C25H23N3O4. The molecule has 1 N–H and O–H groups in total. The fourth-order valence-electron chi connectivity index (χ4n) is 3.16. The van der Waals surface area contributed by atoms with Gasteiger partial charge in [0.15, 0.2) is 18.1 Å². The molecule has 1 aromatic heterocycles. The van der Waals surface area contributed by atoms with Crippen molar-refractivity contribution in [3.8, 4) is 34.3 Å². The number of aromatic nitrogens is 2. The summed E-state index contributed by atoms with van der Waals surface area (Å²) in [6, 6.07) is 20.7. The lowest BCUT2D eigenvalue weighted by molar-refractivity contribution is -0.118. The number of nitrogens with zero attached hydrogens (tertiary/aromatic N) is 2. The number of carbonyl (C=O) groups excluding carboxylic acids is 1. The first kappa shape index (κ1) is 21.1. The zero-order chi connectivity index (χ0) is 22.5. The standard InChI is InChI=1S/C25H23N3O4/c1-16-9-10-17(2)20(13-16)26-23(29)15-31-21-12-11-19(14-22(21)30-3)24-27-25(32-28-24)18-7-5-4-6-8-18/h4-14H,15H2,1-3H3,(H,26,29). The maximum atomic E-state index is 12.4. The van der Waals surface area contributed by atoms with E-state index >= 15 is 0 Å². The van der Waals surface area contributed by atoms with Crippen molar-refractivity contribution in [1.82, 2.24) is 10.1 Å². The van der Waals surface area contributed by atoms with Gasteiger partial charge in [-0.1, -0.05) is 35.5 Å². The molecule has 1 heterocycles. The van der Waals surface area contributed by atoms with E-state index in [1.54, 1.807) is 18.2 Å². The summed E-state index contributed by atoms with van der Waals surface area (Å²) < 4.78 is 16.5. The second-order valence-electron chi connectivity index (χ2n) is 7.31. The fraction of sp³-hybridized carbons (Fsp3) is 0.160. The Balaban J connectivity index is 1.45. The monoisotopic (exact) mass is 429 g/mol. The Morgan fingerprint density at radius 2 is 1.78 bits per heavy atom. The predicted octanol–water partition coefficient (Wildman–Crippen LogP) is 5.05. The number of benzene rings is 3. The van der Waals surface area contributed by atoms with Crippen LogP contribution in [0.4, 0.5) is 5.69 Å². The van der Waals surface area contributed by atoms with Gasteiger partial charge in [-0.2, -0.15) is 4.98 Å². The minimum absolute atomic E-state index is 0.149. The van der Waals surface area contributed by atoms with Gasteiger partial charge in [0.2, 0.25) is 5.82 Å². The van der Waals surface area contributed by atoms with E-state index in [0.29, 0.717) is 28.8 Å². The van der Waals surface area contributed by atoms with Crippen molar-refractivity contribution in [3.63, 3.8) is 0 Å². The molecule has 0 bridgehead atoms. The van der Waals surface area contributed by atoms with Crippen LogP contribution in [0.3, 0.4) is 0 Å². The van der Waals surface area contributed by atoms with E-state index < -0.39 is 0 Å². The molecule has 0 spiro atoms. The minimum atomic E-state index is -0.254. The molecule has 4 aromatic rings. The van der Waals surface area contributed by atoms with Gasteiger partial charge in [-0.3, -0.25) is 4.79 Å². The smallest absolute Gasteiger partial charge is 0.262 e. The first-order valence-corrected chi connectivity index (χ1v) is 10.1. The lowest BCUT2D eigenvalue weighted by Crippen LogP contribution is -2.20. The maximum Gasteiger partial charge on any atom is 0.262 e. The third-order valence-corrected chi connectivity index (χ3v) is 4.89. The van der Waals surface area contributed by atoms with Gasteiger partial charge in [0.25, 0.3) is 11.8 Å². The Morgan fingerprint density at radius 3 is 2.56 bits per heavy atom. The van der Waals surface area contributed by atoms with Crippen LogP contribution in [-0.4, -0.2) is 29.8 Å². The van der Waals surface area contributed by atoms with E-state index in [0.717, 1.165) is 22.4 Å². The molecule has 7 nitrogen and oxygen atoms in total. The second kappa shape index (κ2) is 9.34. The van der Waals surface area contributed by atoms with E-state index in [-0.39, 0.29) is 12.5 Å². The molecule has 4 rings (SSSR count). The zero-order valence-corrected chi connectivity index (χ0v) is 18.1. The third kappa shape index (κ3) is 4.78. The van der Waals surface area contributed by atoms with Crippen molar-refractivity contribution < 1.29 is 18.8 Å². The fourth-order valence-corrected chi connectivity index (χ4v) is 3.16. The van der Waals surface area contributed by atoms with Crippen LogP contribution in [0, 0.1) is 13.8 Å². The number of rotatable bonds is 7. The van der Waals surface area contributed by atoms with Crippen molar-refractivity contribution in [3.05, 3.63) is 77.9 Å². The Morgan fingerprint density at radius 1 is 0.969 bits per heavy atom. The first-order valence-electron chi connectivity index (χ1n) is 10.1. The Bertz CT molecular complexity index is 1240. The number of anilines is 1. The van der Waals surface area contributed by atoms with E-state index in [4.69, 9.17) is 14.0 Å². The summed E-state index contributed by atoms with van der Waals surface area (Å²) in [5.74, 6) is 1.52. The number of methoxy groups -OCH3 is 1. The average Bonchev–Trinajstić information content (AvgIpc) is 3.31. The molecule has 0 unspecified atom stereocenters. The highest BCUT2D eigenvalue weighted by atomic mass is 16.5. The summed E-state index contributed by atoms with van der Waals surface area (Å²) in [4.78, 5) is 16.8. The van der Waals surface area contributed by atoms with E-state index in [9.17, 15) is 4.79 Å². The first-order chi connectivity index (χ1) is 15.5. The normalized spacial score (nSPS) is 10.6. The SMILES string of the molecule is COc1cc(-c2noc(-c3ccccc3)n2)ccc1OCC(=O)Nc1cc(C)ccc1C. The number of amides is 1. The predicted molar refractivity (Wildman–Crippen MR) is 122 cm³/mol. The van der Waals surface area contributed by atoms with Gasteiger partial charge in [-0.15, -0.1) is 0 Å². The molecule has 0 fully saturated rings. The molecule has 0 saturated carbocycles. The molecule has 0 radical (unpaired) electrons. The summed E-state index contributed by atoms with van der Waals surface area (Å²) >= 11 is 0. The molecule has 3 aromatic carbocycles. The Kier molecular flexibility index (Phi) is 6.17. The highest BCUT2D eigenvalue weighted by Gasteiger charge is 2.14. The molecule has 0 aliphatic carbocycles. The summed E-state index contributed by atoms with van der Waals surface area (Å²) in [7, 11) is 1.54. The molecule has 0 saturated heterocycles. The van der Waals surface area contributed by atoms with Crippen molar-refractivity contribution in [2.75, 3.05) is 19.0 Å². The van der Waals surface area contributed by atoms with E-state index in [1.165, 1.54) is 7.11 Å². The quantitative estimate of drug-likeness (QED) is 0.443. The summed E-state index contributed by atoms with van der Waals surface area (Å²) in [6.45, 7) is 3.77. The van der Waals surface area contributed by atoms with Crippen LogP contribution < -0.4 is 14.8 Å². The van der Waals surface area contributed by atoms with E-state index in [2.05, 4.69) is 15.5 Å². The number of hydrogen-bond donors (Lipinski definition) is 1. The van der Waals surface area contributed by atoms with Gasteiger partial charge in [-0.25, -0.2) is 0 Å². The third-order valence-electron chi connectivity index (χ3n) is 4.89. The lowest BCUT2D eigenvalue weighted by atomic mass is 10.1. The molecule has 0 atom stereocenters. The van der Waals surface area contributed by atoms with Gasteiger partial charge in [0.05, 0.1) is 7.11 Å². The summed E-state index contributed by atoms with van der Waals surface area (Å²) in [6.07, 6.45) is 0. The van der Waals surface area contributed by atoms with Crippen LogP contribution in [-0.2, 0) is 4.79 Å². The Hall–Kier alpha value is -4.13. The van der Waals surface area contributed by atoms with Crippen molar-refractivity contribution in [1.29, 1.82) is 0 Å². The number of hydrogen-bond acceptors (Lipinski definition) is 6. The number of nitrogens with one attached hydrogen (secondary N) is 1. The zero-order valence-electron chi connectivity index (χ0n) is 18.1. The maximum absolute atomic E-state index is 12.4. The van der Waals surface area contributed by atoms with Crippen LogP contribution in [0.1, 0.15) is 11.1 Å². The largest absolute Gasteiger partial charge is 0.493 e. The van der Waals surface area contributed by atoms with Crippen LogP contribution in [0.15, 0.2) is 71.3 Å². The summed E-state index contributed by atoms with van der Waals surface area (Å²) in [5, 5.41) is 6.93. The van der Waals surface area contributed by atoms with Crippen molar-refractivity contribution in [2.45, 2.75) is 13.8 Å². The molecule has 1 amide bonds. The van der Waals surface area contributed by atoms with E-state index in [1.807, 2.05) is 62.4 Å². The van der Waals surface area contributed by atoms with Crippen LogP contribution in [0.5, 0.6) is 11.5 Å². The number of ether oxygens (including phenoxy) is 2. The van der Waals surface area contributed by atoms with Gasteiger partial charge in [0, 0.05) is 16.8 Å². The molecule has 0 aliphatic heterocycles. The summed E-state index contributed by atoms with van der Waals surface area (Å²) in [5.41, 5.74) is 4.38. The molecule has 7 heteroatoms. The van der Waals surface area contributed by atoms with Crippen LogP contribution >= 0.6 is 0 Å². The minimum Gasteiger partial charge on any atom is -0.493 e. The number of carbonyl (C=O) groups is 1. The van der Waals surface area contributed by atoms with Gasteiger partial charge in [0.1, 0.15) is 0 Å². The topological polar surface area (TPSA) is 86.5 Å². The van der Waals surface area contributed by atoms with Crippen molar-refractivity contribution >= 4 is 11.6 Å². The van der Waals surface area contributed by atoms with Gasteiger partial charge in [-0.05, 0) is 61.4 Å². The van der Waals surface area contributed by atoms with Crippen LogP contribution in [0.25, 0.3) is 22.8 Å². The number of aryl methyl sites for hydroxylation is 2. The van der Waals surface area contributed by atoms with Gasteiger partial charge < -0.3 is 19.3 Å². The average molecular weight is 429 g/mol. The molecule has 32 heavy (non-hydrogen) atoms. The molecular weight excluding hydrogens is 406 g/mol. The van der Waals surface area contributed by atoms with Crippen LogP contribution in [0.2, 0.25) is 0 Å². The highest BCUT2D eigenvalue weighted by Crippen LogP contribution is 2.32. The Labute approximate surface area is 186 Å². The molecule has 162 valence electrons. The molecule has 0 aliphatic rings. The lowest BCUT2D eigenvalue weighted by Gasteiger charge is -2.13. The highest BCUT2D eigenvalue weighted by molar-refractivity contribution is 5.92.